The van der Waals surface area contributed by atoms with Gasteiger partial charge < -0.3 is 0 Å². The molecule has 5 rings (SSSR count). The van der Waals surface area contributed by atoms with Crippen LogP contribution >= 0.6 is 0 Å². The second-order valence-corrected chi connectivity index (χ2v) is 7.71. The monoisotopic (exact) mass is 351 g/mol. The number of fused-ring (bicyclic) bond motifs is 3. The molecule has 1 heteroatoms. The minimum absolute atomic E-state index is 0.601. The maximum atomic E-state index is 2.65. The molecule has 1 unspecified atom stereocenters. The number of rotatable bonds is 4. The van der Waals surface area contributed by atoms with Gasteiger partial charge in [0.2, 0.25) is 0 Å². The van der Waals surface area contributed by atoms with Crippen molar-refractivity contribution in [2.24, 2.45) is 0 Å². The number of benzene rings is 3. The lowest BCUT2D eigenvalue weighted by molar-refractivity contribution is 0.259. The van der Waals surface area contributed by atoms with Gasteiger partial charge in [0.15, 0.2) is 0 Å². The Labute approximate surface area is 162 Å². The summed E-state index contributed by atoms with van der Waals surface area (Å²) < 4.78 is 0. The molecular weight excluding hydrogens is 326 g/mol. The third-order valence-corrected chi connectivity index (χ3v) is 6.10. The Kier molecular flexibility index (Phi) is 4.39. The van der Waals surface area contributed by atoms with E-state index in [4.69, 9.17) is 0 Å². The highest BCUT2D eigenvalue weighted by atomic mass is 15.1. The number of piperidine rings is 1. The molecule has 1 fully saturated rings. The van der Waals surface area contributed by atoms with Gasteiger partial charge in [0.25, 0.3) is 0 Å². The minimum Gasteiger partial charge on any atom is -0.299 e. The van der Waals surface area contributed by atoms with Crippen LogP contribution in [-0.2, 0) is 6.42 Å². The van der Waals surface area contributed by atoms with E-state index in [2.05, 4.69) is 89.8 Å². The van der Waals surface area contributed by atoms with Gasteiger partial charge in [-0.3, -0.25) is 4.90 Å². The molecule has 3 aromatic carbocycles. The molecule has 0 saturated carbocycles. The summed E-state index contributed by atoms with van der Waals surface area (Å²) >= 11 is 0. The molecule has 1 heterocycles. The third-order valence-electron chi connectivity index (χ3n) is 6.10. The van der Waals surface area contributed by atoms with Crippen LogP contribution in [0.5, 0.6) is 0 Å². The number of hydrogen-bond acceptors (Lipinski definition) is 1. The second-order valence-electron chi connectivity index (χ2n) is 7.71. The Hall–Kier alpha value is -2.64. The van der Waals surface area contributed by atoms with Crippen LogP contribution in [0.2, 0.25) is 0 Å². The number of hydrogen-bond donors (Lipinski definition) is 0. The first-order chi connectivity index (χ1) is 13.4. The van der Waals surface area contributed by atoms with Crippen molar-refractivity contribution in [1.82, 2.24) is 4.90 Å². The Balaban J connectivity index is 1.45. The molecule has 0 radical (unpaired) electrons. The van der Waals surface area contributed by atoms with Gasteiger partial charge in [-0.2, -0.15) is 0 Å². The predicted molar refractivity (Wildman–Crippen MR) is 113 cm³/mol. The summed E-state index contributed by atoms with van der Waals surface area (Å²) in [6, 6.07) is 30.9. The Morgan fingerprint density at radius 2 is 1.48 bits per heavy atom. The first kappa shape index (κ1) is 16.5. The van der Waals surface area contributed by atoms with Crippen LogP contribution in [0.1, 0.15) is 34.6 Å². The summed E-state index contributed by atoms with van der Waals surface area (Å²) in [6.45, 7) is 3.42. The summed E-state index contributed by atoms with van der Waals surface area (Å²) in [5, 5.41) is 0. The molecule has 1 aliphatic carbocycles. The maximum Gasteiger partial charge on any atom is 0.0208 e. The van der Waals surface area contributed by atoms with Crippen LogP contribution in [0.4, 0.5) is 0 Å². The fraction of sp³-hybridized carbons (Fsp3) is 0.231. The molecule has 134 valence electrons. The van der Waals surface area contributed by atoms with Crippen molar-refractivity contribution in [2.75, 3.05) is 19.6 Å². The van der Waals surface area contributed by atoms with E-state index in [-0.39, 0.29) is 0 Å². The quantitative estimate of drug-likeness (QED) is 0.597. The van der Waals surface area contributed by atoms with Crippen molar-refractivity contribution in [1.29, 1.82) is 0 Å². The topological polar surface area (TPSA) is 3.24 Å². The maximum absolute atomic E-state index is 2.65. The second kappa shape index (κ2) is 7.17. The molecule has 2 aliphatic rings. The van der Waals surface area contributed by atoms with Crippen molar-refractivity contribution in [3.63, 3.8) is 0 Å². The van der Waals surface area contributed by atoms with Gasteiger partial charge in [-0.1, -0.05) is 84.9 Å². The third kappa shape index (κ3) is 3.13. The van der Waals surface area contributed by atoms with Crippen molar-refractivity contribution >= 4 is 5.57 Å². The van der Waals surface area contributed by atoms with Crippen LogP contribution < -0.4 is 0 Å². The highest BCUT2D eigenvalue weighted by Crippen LogP contribution is 2.48. The zero-order chi connectivity index (χ0) is 18.1. The minimum atomic E-state index is 0.601. The lowest BCUT2D eigenvalue weighted by Gasteiger charge is -2.33. The van der Waals surface area contributed by atoms with E-state index in [1.807, 2.05) is 0 Å². The van der Waals surface area contributed by atoms with Crippen molar-refractivity contribution < 1.29 is 0 Å². The molecular formula is C26H25N. The standard InChI is InChI=1S/C26H25N/c1-3-9-20(10-4-1)15-17-27-18-16-23-22-13-7-8-14-24(22)26(25(23)19-27)21-11-5-2-6-12-21/h1-14,23H,15-19H2. The van der Waals surface area contributed by atoms with Crippen molar-refractivity contribution in [3.05, 3.63) is 113 Å². The average molecular weight is 351 g/mol. The van der Waals surface area contributed by atoms with Crippen molar-refractivity contribution in [3.8, 4) is 0 Å². The van der Waals surface area contributed by atoms with E-state index in [0.29, 0.717) is 5.92 Å². The van der Waals surface area contributed by atoms with E-state index in [0.717, 1.165) is 19.5 Å². The summed E-state index contributed by atoms with van der Waals surface area (Å²) in [6.07, 6.45) is 2.36. The molecule has 1 nitrogen and oxygen atoms in total. The molecule has 3 aromatic rings. The van der Waals surface area contributed by atoms with Gasteiger partial charge in [0.1, 0.15) is 0 Å². The van der Waals surface area contributed by atoms with Crippen LogP contribution in [0.3, 0.4) is 0 Å². The summed E-state index contributed by atoms with van der Waals surface area (Å²) in [5.41, 5.74) is 8.91. The van der Waals surface area contributed by atoms with E-state index >= 15 is 0 Å². The van der Waals surface area contributed by atoms with E-state index < -0.39 is 0 Å². The smallest absolute Gasteiger partial charge is 0.0208 e. The first-order valence-corrected chi connectivity index (χ1v) is 10.0. The highest BCUT2D eigenvalue weighted by Gasteiger charge is 2.35. The van der Waals surface area contributed by atoms with E-state index in [9.17, 15) is 0 Å². The Bertz CT molecular complexity index is 956. The molecule has 0 bridgehead atoms. The van der Waals surface area contributed by atoms with Crippen LogP contribution in [0.15, 0.2) is 90.5 Å². The summed E-state index contributed by atoms with van der Waals surface area (Å²) in [7, 11) is 0. The van der Waals surface area contributed by atoms with Gasteiger partial charge in [-0.25, -0.2) is 0 Å². The zero-order valence-corrected chi connectivity index (χ0v) is 15.6. The van der Waals surface area contributed by atoms with Crippen LogP contribution in [0.25, 0.3) is 5.57 Å². The van der Waals surface area contributed by atoms with Gasteiger partial charge in [-0.05, 0) is 52.8 Å². The molecule has 0 aromatic heterocycles. The van der Waals surface area contributed by atoms with Gasteiger partial charge in [0, 0.05) is 19.0 Å². The highest BCUT2D eigenvalue weighted by molar-refractivity contribution is 5.89. The normalized spacial score (nSPS) is 19.0. The van der Waals surface area contributed by atoms with Gasteiger partial charge in [0.05, 0.1) is 0 Å². The molecule has 27 heavy (non-hydrogen) atoms. The molecule has 1 atom stereocenters. The number of nitrogens with zero attached hydrogens (tertiary/aromatic N) is 1. The van der Waals surface area contributed by atoms with E-state index in [1.54, 1.807) is 5.57 Å². The first-order valence-electron chi connectivity index (χ1n) is 10.0. The molecule has 1 aliphatic heterocycles. The molecule has 0 N–H and O–H groups in total. The van der Waals surface area contributed by atoms with E-state index in [1.165, 1.54) is 40.8 Å². The molecule has 0 amide bonds. The van der Waals surface area contributed by atoms with Gasteiger partial charge in [-0.15, -0.1) is 0 Å². The Morgan fingerprint density at radius 3 is 2.30 bits per heavy atom. The fourth-order valence-electron chi connectivity index (χ4n) is 4.78. The molecule has 0 spiro atoms. The average Bonchev–Trinajstić information content (AvgIpc) is 3.07. The zero-order valence-electron chi connectivity index (χ0n) is 15.6. The van der Waals surface area contributed by atoms with Crippen LogP contribution in [-0.4, -0.2) is 24.5 Å². The largest absolute Gasteiger partial charge is 0.299 e. The van der Waals surface area contributed by atoms with Gasteiger partial charge >= 0.3 is 0 Å². The fourth-order valence-corrected chi connectivity index (χ4v) is 4.78. The summed E-state index contributed by atoms with van der Waals surface area (Å²) in [5.74, 6) is 0.601. The number of likely N-dealkylation sites (tertiary alicyclic amines) is 1. The Morgan fingerprint density at radius 1 is 0.778 bits per heavy atom. The SMILES string of the molecule is c1ccc(CCN2CCC3C(=C(c4ccccc4)c4ccccc43)C2)cc1. The lowest BCUT2D eigenvalue weighted by atomic mass is 9.88. The predicted octanol–water partition coefficient (Wildman–Crippen LogP) is 5.53. The molecule has 1 saturated heterocycles. The lowest BCUT2D eigenvalue weighted by Crippen LogP contribution is -2.35. The van der Waals surface area contributed by atoms with Crippen LogP contribution in [0, 0.1) is 0 Å². The summed E-state index contributed by atoms with van der Waals surface area (Å²) in [4.78, 5) is 2.65. The van der Waals surface area contributed by atoms with Crippen molar-refractivity contribution in [2.45, 2.75) is 18.8 Å².